The number of halogens is 1. The lowest BCUT2D eigenvalue weighted by Gasteiger charge is -2.36. The Morgan fingerprint density at radius 1 is 1.20 bits per heavy atom. The van der Waals surface area contributed by atoms with Crippen LogP contribution >= 0.6 is 0 Å². The molecular formula is C21H28FN5O2S. The van der Waals surface area contributed by atoms with Gasteiger partial charge in [0.05, 0.1) is 29.1 Å². The van der Waals surface area contributed by atoms with Crippen molar-refractivity contribution < 1.29 is 13.7 Å². The number of aryl methyl sites for hydroxylation is 1. The molecule has 2 N–H and O–H groups in total. The van der Waals surface area contributed by atoms with E-state index in [0.29, 0.717) is 41.9 Å². The second-order valence-corrected chi connectivity index (χ2v) is 9.59. The molecule has 3 heterocycles. The Hall–Kier alpha value is -2.26. The molecular weight excluding hydrogens is 405 g/mol. The van der Waals surface area contributed by atoms with E-state index in [1.807, 2.05) is 19.9 Å². The van der Waals surface area contributed by atoms with Gasteiger partial charge in [0.2, 0.25) is 5.95 Å². The number of nitrogens with one attached hydrogen (secondary N) is 1. The summed E-state index contributed by atoms with van der Waals surface area (Å²) in [5, 5.41) is 13.0. The van der Waals surface area contributed by atoms with Crippen LogP contribution in [-0.4, -0.2) is 63.9 Å². The van der Waals surface area contributed by atoms with Gasteiger partial charge in [-0.05, 0) is 24.1 Å². The van der Waals surface area contributed by atoms with Crippen molar-refractivity contribution in [3.8, 4) is 0 Å². The highest BCUT2D eigenvalue weighted by Crippen LogP contribution is 2.31. The fraction of sp³-hybridized carbons (Fsp3) is 0.524. The number of nitrogens with zero attached hydrogens (tertiary/aromatic N) is 4. The predicted octanol–water partition coefficient (Wildman–Crippen LogP) is 2.03. The molecule has 0 amide bonds. The monoisotopic (exact) mass is 433 g/mol. The highest BCUT2D eigenvalue weighted by molar-refractivity contribution is 7.85. The minimum Gasteiger partial charge on any atom is -0.394 e. The van der Waals surface area contributed by atoms with E-state index >= 15 is 0 Å². The zero-order chi connectivity index (χ0) is 21.3. The van der Waals surface area contributed by atoms with Gasteiger partial charge in [-0.25, -0.2) is 9.37 Å². The van der Waals surface area contributed by atoms with Crippen molar-refractivity contribution in [1.29, 1.82) is 0 Å². The predicted molar refractivity (Wildman–Crippen MR) is 117 cm³/mol. The molecule has 162 valence electrons. The average molecular weight is 434 g/mol. The van der Waals surface area contributed by atoms with E-state index in [9.17, 15) is 13.7 Å². The quantitative estimate of drug-likeness (QED) is 0.721. The maximum absolute atomic E-state index is 13.6. The number of aromatic nitrogens is 2. The molecule has 9 heteroatoms. The van der Waals surface area contributed by atoms with Gasteiger partial charge in [-0.15, -0.1) is 0 Å². The number of aliphatic hydroxyl groups excluding tert-OH is 1. The Bertz CT molecular complexity index is 934. The molecule has 1 aromatic heterocycles. The van der Waals surface area contributed by atoms with Gasteiger partial charge in [0, 0.05) is 44.0 Å². The van der Waals surface area contributed by atoms with E-state index < -0.39 is 10.8 Å². The normalized spacial score (nSPS) is 19.8. The minimum atomic E-state index is -1.12. The van der Waals surface area contributed by atoms with Crippen molar-refractivity contribution in [2.24, 2.45) is 5.92 Å². The van der Waals surface area contributed by atoms with Gasteiger partial charge in [-0.3, -0.25) is 4.21 Å². The first-order valence-corrected chi connectivity index (χ1v) is 11.7. The van der Waals surface area contributed by atoms with Gasteiger partial charge in [-0.1, -0.05) is 19.9 Å². The van der Waals surface area contributed by atoms with Crippen LogP contribution in [0, 0.1) is 11.7 Å². The summed E-state index contributed by atoms with van der Waals surface area (Å²) in [7, 11) is -1.12. The third kappa shape index (κ3) is 4.27. The third-order valence-corrected chi connectivity index (χ3v) is 7.19. The van der Waals surface area contributed by atoms with E-state index in [1.54, 1.807) is 12.1 Å². The van der Waals surface area contributed by atoms with Crippen molar-refractivity contribution in [2.75, 3.05) is 53.7 Å². The number of aliphatic hydroxyl groups is 1. The molecule has 2 aliphatic heterocycles. The Labute approximate surface area is 178 Å². The molecule has 4 rings (SSSR count). The molecule has 1 aromatic carbocycles. The van der Waals surface area contributed by atoms with E-state index in [1.165, 1.54) is 6.07 Å². The third-order valence-electron chi connectivity index (χ3n) is 5.74. The van der Waals surface area contributed by atoms with Crippen LogP contribution in [0.1, 0.15) is 19.5 Å². The molecule has 7 nitrogen and oxygen atoms in total. The SMILES string of the molecule is CC(C)[C@H](CO)Nc1nc(N2CCN(c3cccc(F)c3)CC2)nc2c1S(=O)CC2. The minimum absolute atomic E-state index is 0.0231. The highest BCUT2D eigenvalue weighted by Gasteiger charge is 2.29. The number of anilines is 3. The Morgan fingerprint density at radius 2 is 1.93 bits per heavy atom. The maximum Gasteiger partial charge on any atom is 0.227 e. The molecule has 2 aromatic rings. The summed E-state index contributed by atoms with van der Waals surface area (Å²) in [6.07, 6.45) is 0.668. The highest BCUT2D eigenvalue weighted by atomic mass is 32.2. The van der Waals surface area contributed by atoms with Gasteiger partial charge in [0.25, 0.3) is 0 Å². The molecule has 1 saturated heterocycles. The lowest BCUT2D eigenvalue weighted by atomic mass is 10.1. The molecule has 2 atom stereocenters. The summed E-state index contributed by atoms with van der Waals surface area (Å²) in [5.74, 6) is 1.72. The van der Waals surface area contributed by atoms with Crippen molar-refractivity contribution in [3.63, 3.8) is 0 Å². The molecule has 0 aliphatic carbocycles. The van der Waals surface area contributed by atoms with Crippen LogP contribution in [-0.2, 0) is 17.2 Å². The first-order valence-electron chi connectivity index (χ1n) is 10.4. The van der Waals surface area contributed by atoms with Crippen LogP contribution in [0.5, 0.6) is 0 Å². The maximum atomic E-state index is 13.6. The molecule has 0 radical (unpaired) electrons. The lowest BCUT2D eigenvalue weighted by molar-refractivity contribution is 0.249. The number of benzene rings is 1. The Morgan fingerprint density at radius 3 is 2.60 bits per heavy atom. The number of fused-ring (bicyclic) bond motifs is 1. The first-order chi connectivity index (χ1) is 14.5. The van der Waals surface area contributed by atoms with Crippen LogP contribution in [0.2, 0.25) is 0 Å². The standard InChI is InChI=1S/C21H28FN5O2S/c1-14(2)18(13-28)23-20-19-17(6-11-30(19)29)24-21(25-20)27-9-7-26(8-10-27)16-5-3-4-15(22)12-16/h3-5,12,14,18,28H,6-11,13H2,1-2H3,(H,23,24,25)/t18-,30?/m0/s1. The Kier molecular flexibility index (Phi) is 6.19. The van der Waals surface area contributed by atoms with Crippen LogP contribution in [0.4, 0.5) is 21.8 Å². The largest absolute Gasteiger partial charge is 0.394 e. The van der Waals surface area contributed by atoms with Crippen molar-refractivity contribution in [1.82, 2.24) is 9.97 Å². The van der Waals surface area contributed by atoms with Gasteiger partial charge in [-0.2, -0.15) is 4.98 Å². The van der Waals surface area contributed by atoms with Gasteiger partial charge in [0.1, 0.15) is 16.5 Å². The molecule has 0 spiro atoms. The zero-order valence-corrected chi connectivity index (χ0v) is 18.2. The van der Waals surface area contributed by atoms with Crippen molar-refractivity contribution in [2.45, 2.75) is 31.2 Å². The summed E-state index contributed by atoms with van der Waals surface area (Å²) >= 11 is 0. The van der Waals surface area contributed by atoms with Gasteiger partial charge in [0.15, 0.2) is 0 Å². The summed E-state index contributed by atoms with van der Waals surface area (Å²) in [5.41, 5.74) is 1.71. The van der Waals surface area contributed by atoms with Crippen LogP contribution in [0.15, 0.2) is 29.2 Å². The molecule has 0 saturated carbocycles. The first kappa shape index (κ1) is 21.0. The number of hydrogen-bond acceptors (Lipinski definition) is 7. The van der Waals surface area contributed by atoms with E-state index in [2.05, 4.69) is 15.1 Å². The molecule has 30 heavy (non-hydrogen) atoms. The topological polar surface area (TPSA) is 81.6 Å². The summed E-state index contributed by atoms with van der Waals surface area (Å²) in [4.78, 5) is 14.4. The fourth-order valence-electron chi connectivity index (χ4n) is 3.86. The Balaban J connectivity index is 1.55. The van der Waals surface area contributed by atoms with Crippen LogP contribution in [0.25, 0.3) is 0 Å². The molecule has 1 unspecified atom stereocenters. The summed E-state index contributed by atoms with van der Waals surface area (Å²) in [6.45, 7) is 6.94. The number of piperazine rings is 1. The van der Waals surface area contributed by atoms with Gasteiger partial charge < -0.3 is 20.2 Å². The van der Waals surface area contributed by atoms with E-state index in [-0.39, 0.29) is 24.4 Å². The fourth-order valence-corrected chi connectivity index (χ4v) is 5.17. The summed E-state index contributed by atoms with van der Waals surface area (Å²) in [6, 6.07) is 6.49. The van der Waals surface area contributed by atoms with Crippen molar-refractivity contribution >= 4 is 28.3 Å². The lowest BCUT2D eigenvalue weighted by Crippen LogP contribution is -2.47. The average Bonchev–Trinajstić information content (AvgIpc) is 3.12. The van der Waals surface area contributed by atoms with Gasteiger partial charge >= 0.3 is 0 Å². The van der Waals surface area contributed by atoms with Crippen LogP contribution < -0.4 is 15.1 Å². The molecule has 0 bridgehead atoms. The second kappa shape index (κ2) is 8.85. The molecule has 1 fully saturated rings. The second-order valence-electron chi connectivity index (χ2n) is 8.08. The van der Waals surface area contributed by atoms with E-state index in [0.717, 1.165) is 24.5 Å². The zero-order valence-electron chi connectivity index (χ0n) is 17.3. The van der Waals surface area contributed by atoms with Crippen LogP contribution in [0.3, 0.4) is 0 Å². The smallest absolute Gasteiger partial charge is 0.227 e. The number of rotatable bonds is 6. The van der Waals surface area contributed by atoms with E-state index in [4.69, 9.17) is 9.97 Å². The van der Waals surface area contributed by atoms with Crippen molar-refractivity contribution in [3.05, 3.63) is 35.8 Å². The summed E-state index contributed by atoms with van der Waals surface area (Å²) < 4.78 is 26.1. The number of hydrogen-bond donors (Lipinski definition) is 2. The molecule has 2 aliphatic rings.